The summed E-state index contributed by atoms with van der Waals surface area (Å²) in [5.41, 5.74) is 7.50. The number of nitrogens with two attached hydrogens (primary N) is 1. The standard InChI is InChI=1S/C17H34N2/c1-5-17(6-2)9-10-19(13-17)12-14-11-16(3,4)8-7-15(14)18/h14-15H,5-13,18H2,1-4H3. The molecule has 2 unspecified atom stereocenters. The molecule has 0 aromatic heterocycles. The molecule has 2 fully saturated rings. The molecule has 112 valence electrons. The molecule has 0 radical (unpaired) electrons. The predicted octanol–water partition coefficient (Wildman–Crippen LogP) is 3.65. The lowest BCUT2D eigenvalue weighted by Crippen LogP contribution is -2.45. The molecule has 1 heterocycles. The van der Waals surface area contributed by atoms with Crippen LogP contribution in [0.5, 0.6) is 0 Å². The first kappa shape index (κ1) is 15.3. The van der Waals surface area contributed by atoms with Gasteiger partial charge in [0.1, 0.15) is 0 Å². The van der Waals surface area contributed by atoms with Crippen LogP contribution in [-0.2, 0) is 0 Å². The molecule has 2 heteroatoms. The summed E-state index contributed by atoms with van der Waals surface area (Å²) in [7, 11) is 0. The van der Waals surface area contributed by atoms with Crippen LogP contribution in [0.3, 0.4) is 0 Å². The van der Waals surface area contributed by atoms with Gasteiger partial charge in [0.15, 0.2) is 0 Å². The molecule has 2 N–H and O–H groups in total. The van der Waals surface area contributed by atoms with Gasteiger partial charge in [-0.3, -0.25) is 0 Å². The third kappa shape index (κ3) is 3.52. The second kappa shape index (κ2) is 5.73. The summed E-state index contributed by atoms with van der Waals surface area (Å²) in [5.74, 6) is 0.716. The van der Waals surface area contributed by atoms with Crippen LogP contribution in [0, 0.1) is 16.7 Å². The smallest absolute Gasteiger partial charge is 0.00797 e. The van der Waals surface area contributed by atoms with Gasteiger partial charge >= 0.3 is 0 Å². The summed E-state index contributed by atoms with van der Waals surface area (Å²) >= 11 is 0. The molecule has 1 saturated carbocycles. The Morgan fingerprint density at radius 3 is 2.42 bits per heavy atom. The van der Waals surface area contributed by atoms with E-state index in [2.05, 4.69) is 32.6 Å². The Hall–Kier alpha value is -0.0800. The van der Waals surface area contributed by atoms with Crippen LogP contribution in [0.4, 0.5) is 0 Å². The maximum absolute atomic E-state index is 6.38. The van der Waals surface area contributed by atoms with Gasteiger partial charge in [0.2, 0.25) is 0 Å². The Bertz CT molecular complexity index is 294. The maximum Gasteiger partial charge on any atom is 0.00797 e. The van der Waals surface area contributed by atoms with Crippen molar-refractivity contribution in [3.8, 4) is 0 Å². The molecule has 1 aliphatic heterocycles. The molecule has 2 atom stereocenters. The fourth-order valence-electron chi connectivity index (χ4n) is 4.30. The lowest BCUT2D eigenvalue weighted by atomic mass is 9.70. The normalized spacial score (nSPS) is 34.6. The summed E-state index contributed by atoms with van der Waals surface area (Å²) in [6.07, 6.45) is 7.91. The average Bonchev–Trinajstić information content (AvgIpc) is 2.78. The van der Waals surface area contributed by atoms with Crippen LogP contribution < -0.4 is 5.73 Å². The highest BCUT2D eigenvalue weighted by atomic mass is 15.2. The molecule has 1 saturated heterocycles. The molecule has 0 bridgehead atoms. The Kier molecular flexibility index (Phi) is 4.62. The van der Waals surface area contributed by atoms with Crippen LogP contribution >= 0.6 is 0 Å². The summed E-state index contributed by atoms with van der Waals surface area (Å²) in [5, 5.41) is 0. The van der Waals surface area contributed by atoms with E-state index in [1.807, 2.05) is 0 Å². The van der Waals surface area contributed by atoms with Gasteiger partial charge in [0.05, 0.1) is 0 Å². The molecule has 0 amide bonds. The quantitative estimate of drug-likeness (QED) is 0.841. The average molecular weight is 266 g/mol. The zero-order valence-corrected chi connectivity index (χ0v) is 13.5. The SMILES string of the molecule is CCC1(CC)CCN(CC2CC(C)(C)CCC2N)C1. The van der Waals surface area contributed by atoms with Gasteiger partial charge in [0, 0.05) is 19.1 Å². The van der Waals surface area contributed by atoms with Gasteiger partial charge in [-0.15, -0.1) is 0 Å². The number of hydrogen-bond acceptors (Lipinski definition) is 2. The summed E-state index contributed by atoms with van der Waals surface area (Å²) in [6.45, 7) is 13.4. The first-order valence-corrected chi connectivity index (χ1v) is 8.38. The summed E-state index contributed by atoms with van der Waals surface area (Å²) in [6, 6.07) is 0.436. The molecule has 2 nitrogen and oxygen atoms in total. The Morgan fingerprint density at radius 2 is 1.84 bits per heavy atom. The van der Waals surface area contributed by atoms with E-state index in [4.69, 9.17) is 5.73 Å². The maximum atomic E-state index is 6.38. The first-order chi connectivity index (χ1) is 8.90. The number of hydrogen-bond donors (Lipinski definition) is 1. The summed E-state index contributed by atoms with van der Waals surface area (Å²) < 4.78 is 0. The van der Waals surface area contributed by atoms with E-state index in [1.165, 1.54) is 58.2 Å². The van der Waals surface area contributed by atoms with Crippen LogP contribution in [0.25, 0.3) is 0 Å². The zero-order valence-electron chi connectivity index (χ0n) is 13.5. The number of nitrogens with zero attached hydrogens (tertiary/aromatic N) is 1. The molecule has 19 heavy (non-hydrogen) atoms. The second-order valence-electron chi connectivity index (χ2n) is 8.02. The lowest BCUT2D eigenvalue weighted by Gasteiger charge is -2.41. The van der Waals surface area contributed by atoms with Gasteiger partial charge in [-0.2, -0.15) is 0 Å². The van der Waals surface area contributed by atoms with E-state index >= 15 is 0 Å². The first-order valence-electron chi connectivity index (χ1n) is 8.38. The second-order valence-corrected chi connectivity index (χ2v) is 8.02. The van der Waals surface area contributed by atoms with Crippen LogP contribution in [0.15, 0.2) is 0 Å². The molecule has 0 aromatic rings. The highest BCUT2D eigenvalue weighted by Gasteiger charge is 2.38. The lowest BCUT2D eigenvalue weighted by molar-refractivity contribution is 0.117. The van der Waals surface area contributed by atoms with Crippen molar-refractivity contribution in [1.82, 2.24) is 4.90 Å². The van der Waals surface area contributed by atoms with Crippen molar-refractivity contribution in [1.29, 1.82) is 0 Å². The molecule has 0 spiro atoms. The van der Waals surface area contributed by atoms with Crippen molar-refractivity contribution in [3.05, 3.63) is 0 Å². The minimum Gasteiger partial charge on any atom is -0.327 e. The van der Waals surface area contributed by atoms with Crippen molar-refractivity contribution in [2.45, 2.75) is 72.3 Å². The van der Waals surface area contributed by atoms with Gasteiger partial charge < -0.3 is 10.6 Å². The Labute approximate surface area is 120 Å². The predicted molar refractivity (Wildman–Crippen MR) is 83.2 cm³/mol. The number of likely N-dealkylation sites (tertiary alicyclic amines) is 1. The van der Waals surface area contributed by atoms with Gasteiger partial charge in [-0.05, 0) is 61.8 Å². The Balaban J connectivity index is 1.91. The van der Waals surface area contributed by atoms with E-state index in [1.54, 1.807) is 0 Å². The number of rotatable bonds is 4. The Morgan fingerprint density at radius 1 is 1.16 bits per heavy atom. The van der Waals surface area contributed by atoms with Gasteiger partial charge in [-0.1, -0.05) is 27.7 Å². The molecule has 2 rings (SSSR count). The van der Waals surface area contributed by atoms with Crippen molar-refractivity contribution in [3.63, 3.8) is 0 Å². The molecular weight excluding hydrogens is 232 g/mol. The van der Waals surface area contributed by atoms with E-state index < -0.39 is 0 Å². The third-order valence-electron chi connectivity index (χ3n) is 6.08. The fraction of sp³-hybridized carbons (Fsp3) is 1.00. The van der Waals surface area contributed by atoms with Gasteiger partial charge in [-0.25, -0.2) is 0 Å². The minimum absolute atomic E-state index is 0.436. The van der Waals surface area contributed by atoms with Crippen molar-refractivity contribution in [2.24, 2.45) is 22.5 Å². The monoisotopic (exact) mass is 266 g/mol. The van der Waals surface area contributed by atoms with Crippen molar-refractivity contribution >= 4 is 0 Å². The molecule has 1 aliphatic carbocycles. The van der Waals surface area contributed by atoms with E-state index in [0.29, 0.717) is 22.8 Å². The van der Waals surface area contributed by atoms with Crippen LogP contribution in [-0.4, -0.2) is 30.6 Å². The van der Waals surface area contributed by atoms with Gasteiger partial charge in [0.25, 0.3) is 0 Å². The van der Waals surface area contributed by atoms with Crippen LogP contribution in [0.1, 0.15) is 66.2 Å². The van der Waals surface area contributed by atoms with Crippen molar-refractivity contribution in [2.75, 3.05) is 19.6 Å². The topological polar surface area (TPSA) is 29.3 Å². The molecule has 2 aliphatic rings. The van der Waals surface area contributed by atoms with E-state index in [-0.39, 0.29) is 0 Å². The van der Waals surface area contributed by atoms with Crippen molar-refractivity contribution < 1.29 is 0 Å². The molecule has 0 aromatic carbocycles. The van der Waals surface area contributed by atoms with Crippen LogP contribution in [0.2, 0.25) is 0 Å². The van der Waals surface area contributed by atoms with E-state index in [9.17, 15) is 0 Å². The summed E-state index contributed by atoms with van der Waals surface area (Å²) in [4.78, 5) is 2.71. The highest BCUT2D eigenvalue weighted by Crippen LogP contribution is 2.41. The third-order valence-corrected chi connectivity index (χ3v) is 6.08. The zero-order chi connectivity index (χ0) is 14.1. The highest BCUT2D eigenvalue weighted by molar-refractivity contribution is 4.93. The minimum atomic E-state index is 0.436. The largest absolute Gasteiger partial charge is 0.327 e. The van der Waals surface area contributed by atoms with E-state index in [0.717, 1.165) is 0 Å². The fourth-order valence-corrected chi connectivity index (χ4v) is 4.30. The molecular formula is C17H34N2.